The Morgan fingerprint density at radius 2 is 1.38 bits per heavy atom. The highest BCUT2D eigenvalue weighted by Crippen LogP contribution is 2.08. The molecule has 1 aromatic carbocycles. The van der Waals surface area contributed by atoms with E-state index >= 15 is 0 Å². The van der Waals surface area contributed by atoms with Gasteiger partial charge in [0.05, 0.1) is 12.5 Å². The monoisotopic (exact) mass is 521 g/mol. The number of benzene rings is 1. The highest BCUT2D eigenvalue weighted by molar-refractivity contribution is 5.96. The number of primary amides is 1. The predicted octanol–water partition coefficient (Wildman–Crippen LogP) is -1.12. The maximum absolute atomic E-state index is 13.2. The van der Waals surface area contributed by atoms with Crippen molar-refractivity contribution in [2.45, 2.75) is 70.1 Å². The second kappa shape index (κ2) is 15.2. The first-order valence-electron chi connectivity index (χ1n) is 11.7. The zero-order valence-corrected chi connectivity index (χ0v) is 20.8. The van der Waals surface area contributed by atoms with Crippen molar-refractivity contribution in [1.82, 2.24) is 16.0 Å². The summed E-state index contributed by atoms with van der Waals surface area (Å²) >= 11 is 0. The van der Waals surface area contributed by atoms with Gasteiger partial charge in [0, 0.05) is 12.8 Å². The second-order valence-electron chi connectivity index (χ2n) is 9.05. The molecule has 0 heterocycles. The second-order valence-corrected chi connectivity index (χ2v) is 9.05. The number of nitrogens with one attached hydrogen (secondary N) is 3. The van der Waals surface area contributed by atoms with Crippen molar-refractivity contribution in [1.29, 1.82) is 0 Å². The maximum Gasteiger partial charge on any atom is 0.326 e. The van der Waals surface area contributed by atoms with E-state index in [1.165, 1.54) is 0 Å². The number of carboxylic acid groups (broad SMARTS) is 2. The summed E-state index contributed by atoms with van der Waals surface area (Å²) in [5.41, 5.74) is 11.6. The zero-order chi connectivity index (χ0) is 28.1. The van der Waals surface area contributed by atoms with Crippen LogP contribution >= 0.6 is 0 Å². The molecule has 4 unspecified atom stereocenters. The molecular formula is C24H35N5O8. The Bertz CT molecular complexity index is 969. The first kappa shape index (κ1) is 31.0. The number of nitrogens with two attached hydrogens (primary N) is 2. The van der Waals surface area contributed by atoms with Crippen LogP contribution < -0.4 is 27.4 Å². The number of hydrogen-bond donors (Lipinski definition) is 7. The van der Waals surface area contributed by atoms with Crippen molar-refractivity contribution in [3.8, 4) is 0 Å². The molecule has 0 aromatic heterocycles. The Hall–Kier alpha value is -4.00. The van der Waals surface area contributed by atoms with Gasteiger partial charge >= 0.3 is 11.9 Å². The van der Waals surface area contributed by atoms with E-state index in [0.717, 1.165) is 0 Å². The highest BCUT2D eigenvalue weighted by atomic mass is 16.4. The van der Waals surface area contributed by atoms with Crippen LogP contribution in [0, 0.1) is 5.92 Å². The van der Waals surface area contributed by atoms with Crippen LogP contribution in [0.1, 0.15) is 45.1 Å². The molecule has 13 heteroatoms. The van der Waals surface area contributed by atoms with Gasteiger partial charge in [0.15, 0.2) is 0 Å². The Kier molecular flexibility index (Phi) is 12.7. The third-order valence-electron chi connectivity index (χ3n) is 5.28. The molecule has 4 amide bonds. The molecule has 0 aliphatic carbocycles. The van der Waals surface area contributed by atoms with Gasteiger partial charge in [-0.3, -0.25) is 24.0 Å². The number of amides is 4. The average Bonchev–Trinajstić information content (AvgIpc) is 2.80. The molecule has 0 fully saturated rings. The summed E-state index contributed by atoms with van der Waals surface area (Å²) in [7, 11) is 0. The molecule has 1 aromatic rings. The van der Waals surface area contributed by atoms with Crippen molar-refractivity contribution >= 4 is 35.6 Å². The lowest BCUT2D eigenvalue weighted by molar-refractivity contribution is -0.143. The van der Waals surface area contributed by atoms with Gasteiger partial charge in [0.2, 0.25) is 23.6 Å². The fourth-order valence-electron chi connectivity index (χ4n) is 3.40. The summed E-state index contributed by atoms with van der Waals surface area (Å²) in [6, 6.07) is 3.37. The fourth-order valence-corrected chi connectivity index (χ4v) is 3.40. The molecule has 204 valence electrons. The van der Waals surface area contributed by atoms with E-state index in [-0.39, 0.29) is 31.6 Å². The molecule has 4 atom stereocenters. The topological polar surface area (TPSA) is 231 Å². The van der Waals surface area contributed by atoms with Gasteiger partial charge in [-0.05, 0) is 24.3 Å². The lowest BCUT2D eigenvalue weighted by atomic mass is 10.0. The molecule has 0 saturated heterocycles. The summed E-state index contributed by atoms with van der Waals surface area (Å²) in [5, 5.41) is 25.4. The molecule has 0 radical (unpaired) electrons. The van der Waals surface area contributed by atoms with Crippen LogP contribution in [-0.2, 0) is 35.2 Å². The zero-order valence-electron chi connectivity index (χ0n) is 20.8. The molecule has 13 nitrogen and oxygen atoms in total. The number of aliphatic carboxylic acids is 2. The van der Waals surface area contributed by atoms with Crippen molar-refractivity contribution in [3.63, 3.8) is 0 Å². The smallest absolute Gasteiger partial charge is 0.326 e. The van der Waals surface area contributed by atoms with Gasteiger partial charge in [-0.1, -0.05) is 44.2 Å². The minimum atomic E-state index is -1.50. The van der Waals surface area contributed by atoms with Crippen LogP contribution in [0.15, 0.2) is 30.3 Å². The average molecular weight is 522 g/mol. The van der Waals surface area contributed by atoms with E-state index in [1.807, 2.05) is 0 Å². The van der Waals surface area contributed by atoms with E-state index < -0.39 is 66.2 Å². The molecule has 37 heavy (non-hydrogen) atoms. The Labute approximate surface area is 214 Å². The molecule has 0 spiro atoms. The van der Waals surface area contributed by atoms with E-state index in [1.54, 1.807) is 44.2 Å². The minimum absolute atomic E-state index is 0.0138. The van der Waals surface area contributed by atoms with Gasteiger partial charge < -0.3 is 37.6 Å². The summed E-state index contributed by atoms with van der Waals surface area (Å²) < 4.78 is 0. The molecule has 0 bridgehead atoms. The number of carboxylic acids is 2. The van der Waals surface area contributed by atoms with Crippen molar-refractivity contribution < 1.29 is 39.0 Å². The van der Waals surface area contributed by atoms with Crippen molar-refractivity contribution in [2.75, 3.05) is 0 Å². The minimum Gasteiger partial charge on any atom is -0.481 e. The fraction of sp³-hybridized carbons (Fsp3) is 0.500. The number of hydrogen-bond acceptors (Lipinski definition) is 7. The molecule has 0 aliphatic rings. The van der Waals surface area contributed by atoms with E-state index in [2.05, 4.69) is 16.0 Å². The summed E-state index contributed by atoms with van der Waals surface area (Å²) in [6.07, 6.45) is -1.04. The molecule has 0 saturated carbocycles. The lowest BCUT2D eigenvalue weighted by Crippen LogP contribution is -2.58. The Balaban J connectivity index is 3.10. The van der Waals surface area contributed by atoms with Crippen molar-refractivity contribution in [3.05, 3.63) is 35.9 Å². The predicted molar refractivity (Wildman–Crippen MR) is 132 cm³/mol. The molecule has 9 N–H and O–H groups in total. The molecular weight excluding hydrogens is 486 g/mol. The van der Waals surface area contributed by atoms with Gasteiger partial charge in [-0.2, -0.15) is 0 Å². The highest BCUT2D eigenvalue weighted by Gasteiger charge is 2.31. The van der Waals surface area contributed by atoms with E-state index in [4.69, 9.17) is 16.6 Å². The van der Waals surface area contributed by atoms with Gasteiger partial charge in [0.1, 0.15) is 18.1 Å². The quantitative estimate of drug-likeness (QED) is 0.139. The third-order valence-corrected chi connectivity index (χ3v) is 5.28. The normalized spacial score (nSPS) is 14.1. The van der Waals surface area contributed by atoms with E-state index in [9.17, 15) is 33.9 Å². The largest absolute Gasteiger partial charge is 0.481 e. The van der Waals surface area contributed by atoms with Gasteiger partial charge in [-0.15, -0.1) is 0 Å². The summed E-state index contributed by atoms with van der Waals surface area (Å²) in [4.78, 5) is 72.4. The van der Waals surface area contributed by atoms with Crippen LogP contribution in [-0.4, -0.2) is 69.9 Å². The van der Waals surface area contributed by atoms with Gasteiger partial charge in [-0.25, -0.2) is 4.79 Å². The van der Waals surface area contributed by atoms with Crippen LogP contribution in [0.4, 0.5) is 0 Å². The Morgan fingerprint density at radius 1 is 0.838 bits per heavy atom. The molecule has 0 aliphatic heterocycles. The SMILES string of the molecule is CC(C)CC(NC(=O)C(CC(N)=O)NC(=O)C(Cc1ccccc1)NC(=O)C(N)CCC(=O)O)C(=O)O. The van der Waals surface area contributed by atoms with Gasteiger partial charge in [0.25, 0.3) is 0 Å². The van der Waals surface area contributed by atoms with Crippen molar-refractivity contribution in [2.24, 2.45) is 17.4 Å². The first-order valence-corrected chi connectivity index (χ1v) is 11.7. The summed E-state index contributed by atoms with van der Waals surface area (Å²) in [6.45, 7) is 3.53. The maximum atomic E-state index is 13.2. The third kappa shape index (κ3) is 12.0. The number of carbonyl (C=O) groups is 6. The van der Waals surface area contributed by atoms with Crippen LogP contribution in [0.2, 0.25) is 0 Å². The Morgan fingerprint density at radius 3 is 1.89 bits per heavy atom. The first-order chi connectivity index (χ1) is 17.3. The number of carbonyl (C=O) groups excluding carboxylic acids is 4. The number of rotatable bonds is 16. The standard InChI is InChI=1S/C24H35N5O8/c1-13(2)10-18(24(36)37)29-23(35)17(12-19(26)30)28-22(34)16(11-14-6-4-3-5-7-14)27-21(33)15(25)8-9-20(31)32/h3-7,13,15-18H,8-12,25H2,1-2H3,(H2,26,30)(H,27,33)(H,28,34)(H,29,35)(H,31,32)(H,36,37). The molecule has 1 rings (SSSR count). The van der Waals surface area contributed by atoms with Crippen LogP contribution in [0.25, 0.3) is 0 Å². The summed E-state index contributed by atoms with van der Waals surface area (Å²) in [5.74, 6) is -5.97. The lowest BCUT2D eigenvalue weighted by Gasteiger charge is -2.25. The van der Waals surface area contributed by atoms with E-state index in [0.29, 0.717) is 5.56 Å². The van der Waals surface area contributed by atoms with Crippen LogP contribution in [0.3, 0.4) is 0 Å². The van der Waals surface area contributed by atoms with Crippen LogP contribution in [0.5, 0.6) is 0 Å².